The van der Waals surface area contributed by atoms with Crippen LogP contribution in [0.15, 0.2) is 29.3 Å². The second kappa shape index (κ2) is 9.16. The van der Waals surface area contributed by atoms with Gasteiger partial charge in [0, 0.05) is 48.3 Å². The highest BCUT2D eigenvalue weighted by molar-refractivity contribution is 7.92. The highest BCUT2D eigenvalue weighted by Gasteiger charge is 2.37. The van der Waals surface area contributed by atoms with Crippen LogP contribution in [0.3, 0.4) is 0 Å². The maximum absolute atomic E-state index is 12.8. The van der Waals surface area contributed by atoms with Gasteiger partial charge in [0.05, 0.1) is 16.0 Å². The summed E-state index contributed by atoms with van der Waals surface area (Å²) >= 11 is 0.677. The minimum Gasteiger partial charge on any atom is -0.611 e. The van der Waals surface area contributed by atoms with Crippen LogP contribution < -0.4 is 11.1 Å². The van der Waals surface area contributed by atoms with Crippen LogP contribution >= 0.6 is 11.3 Å². The number of carbonyl (C=O) groups is 1. The molecule has 1 atom stereocenters. The molecule has 0 radical (unpaired) electrons. The Balaban J connectivity index is 1.41. The van der Waals surface area contributed by atoms with Crippen LogP contribution in [0, 0.1) is 0 Å². The van der Waals surface area contributed by atoms with E-state index in [4.69, 9.17) is 15.5 Å². The molecule has 30 heavy (non-hydrogen) atoms. The van der Waals surface area contributed by atoms with Gasteiger partial charge in [0.25, 0.3) is 0 Å². The fourth-order valence-electron chi connectivity index (χ4n) is 3.87. The van der Waals surface area contributed by atoms with Crippen molar-refractivity contribution in [3.8, 4) is 10.4 Å². The number of ether oxygens (including phenoxy) is 1. The predicted octanol–water partition coefficient (Wildman–Crippen LogP) is 4.82. The molecule has 4 rings (SSSR count). The van der Waals surface area contributed by atoms with Crippen molar-refractivity contribution >= 4 is 34.3 Å². The van der Waals surface area contributed by atoms with Crippen LogP contribution in [0.4, 0.5) is 10.5 Å². The zero-order chi connectivity index (χ0) is 21.3. The molecule has 1 aromatic heterocycles. The number of aromatic nitrogens is 1. The molecule has 0 spiro atoms. The summed E-state index contributed by atoms with van der Waals surface area (Å²) in [5.74, 6) is 0.397. The topological polar surface area (TPSA) is 100 Å². The zero-order valence-corrected chi connectivity index (χ0v) is 19.1. The van der Waals surface area contributed by atoms with Crippen molar-refractivity contribution in [3.05, 3.63) is 29.4 Å². The van der Waals surface area contributed by atoms with Gasteiger partial charge in [-0.15, -0.1) is 11.3 Å². The Kier molecular flexibility index (Phi) is 6.55. The Morgan fingerprint density at radius 2 is 2.00 bits per heavy atom. The molecule has 2 aromatic rings. The number of nitrogens with one attached hydrogen (secondary N) is 1. The van der Waals surface area contributed by atoms with Crippen LogP contribution in [0.5, 0.6) is 0 Å². The molecule has 162 valence electrons. The minimum atomic E-state index is -1.01. The standard InChI is InChI=1S/C22H29N3O3S2/c1-13(2)28-22(26)25-16-6-3-14(4-7-16)21-24-12-19(29-21)18-10-5-15(23)11-20(18)30(27)17-8-9-17/h5,10-14,16-17H,3-4,6-9,23H2,1-2H3,(H,25,26). The number of amides is 1. The lowest BCUT2D eigenvalue weighted by Crippen LogP contribution is -2.38. The number of nitrogens with two attached hydrogens (primary N) is 1. The van der Waals surface area contributed by atoms with Crippen LogP contribution in [0.2, 0.25) is 0 Å². The number of carbonyl (C=O) groups excluding carboxylic acids is 1. The maximum Gasteiger partial charge on any atom is 0.407 e. The molecule has 0 saturated heterocycles. The van der Waals surface area contributed by atoms with Gasteiger partial charge in [-0.1, -0.05) is 0 Å². The van der Waals surface area contributed by atoms with Crippen molar-refractivity contribution in [2.75, 3.05) is 5.73 Å². The minimum absolute atomic E-state index is 0.109. The molecule has 2 saturated carbocycles. The summed E-state index contributed by atoms with van der Waals surface area (Å²) in [6, 6.07) is 5.87. The largest absolute Gasteiger partial charge is 0.611 e. The Hall–Kier alpha value is -1.77. The summed E-state index contributed by atoms with van der Waals surface area (Å²) in [7, 11) is 0. The van der Waals surface area contributed by atoms with Crippen molar-refractivity contribution in [2.24, 2.45) is 0 Å². The SMILES string of the molecule is CC(C)OC(=O)NC1CCC(c2ncc(-c3ccc(N)cc3[S+]([O-])C3CC3)s2)CC1. The lowest BCUT2D eigenvalue weighted by Gasteiger charge is -2.28. The molecule has 2 aliphatic rings. The number of anilines is 1. The summed E-state index contributed by atoms with van der Waals surface area (Å²) in [6.45, 7) is 3.70. The van der Waals surface area contributed by atoms with Gasteiger partial charge in [0.2, 0.25) is 0 Å². The number of hydrogen-bond acceptors (Lipinski definition) is 6. The van der Waals surface area contributed by atoms with E-state index in [-0.39, 0.29) is 23.5 Å². The Morgan fingerprint density at radius 1 is 1.27 bits per heavy atom. The summed E-state index contributed by atoms with van der Waals surface area (Å²) in [4.78, 5) is 18.4. The van der Waals surface area contributed by atoms with E-state index in [1.54, 1.807) is 11.3 Å². The molecule has 0 aliphatic heterocycles. The first-order valence-corrected chi connectivity index (χ1v) is 12.7. The van der Waals surface area contributed by atoms with Crippen LogP contribution in [-0.4, -0.2) is 33.0 Å². The van der Waals surface area contributed by atoms with E-state index in [0.717, 1.165) is 58.9 Å². The number of benzene rings is 1. The van der Waals surface area contributed by atoms with E-state index in [1.165, 1.54) is 0 Å². The average molecular weight is 448 g/mol. The lowest BCUT2D eigenvalue weighted by molar-refractivity contribution is 0.109. The monoisotopic (exact) mass is 447 g/mol. The van der Waals surface area contributed by atoms with Gasteiger partial charge in [-0.2, -0.15) is 0 Å². The number of thiazole rings is 1. The van der Waals surface area contributed by atoms with Gasteiger partial charge in [0.1, 0.15) is 5.25 Å². The number of nitrogens with zero attached hydrogens (tertiary/aromatic N) is 1. The zero-order valence-electron chi connectivity index (χ0n) is 17.4. The van der Waals surface area contributed by atoms with Crippen LogP contribution in [0.25, 0.3) is 10.4 Å². The van der Waals surface area contributed by atoms with Crippen LogP contribution in [-0.2, 0) is 15.9 Å². The highest BCUT2D eigenvalue weighted by atomic mass is 32.2. The van der Waals surface area contributed by atoms with E-state index in [9.17, 15) is 9.35 Å². The number of rotatable bonds is 6. The third-order valence-electron chi connectivity index (χ3n) is 5.58. The van der Waals surface area contributed by atoms with Crippen molar-refractivity contribution in [1.29, 1.82) is 0 Å². The Labute approximate surface area is 184 Å². The van der Waals surface area contributed by atoms with Crippen LogP contribution in [0.1, 0.15) is 63.3 Å². The van der Waals surface area contributed by atoms with Gasteiger partial charge in [0.15, 0.2) is 4.90 Å². The summed E-state index contributed by atoms with van der Waals surface area (Å²) in [5, 5.41) is 4.36. The lowest BCUT2D eigenvalue weighted by atomic mass is 9.86. The third-order valence-corrected chi connectivity index (χ3v) is 8.62. The van der Waals surface area contributed by atoms with E-state index in [0.29, 0.717) is 11.6 Å². The average Bonchev–Trinajstić information content (AvgIpc) is 3.44. The van der Waals surface area contributed by atoms with Gasteiger partial charge in [-0.25, -0.2) is 9.78 Å². The first-order chi connectivity index (χ1) is 14.4. The van der Waals surface area contributed by atoms with E-state index < -0.39 is 11.2 Å². The summed E-state index contributed by atoms with van der Waals surface area (Å²) < 4.78 is 18.0. The first-order valence-electron chi connectivity index (χ1n) is 10.6. The molecule has 1 heterocycles. The summed E-state index contributed by atoms with van der Waals surface area (Å²) in [6.07, 6.45) is 7.34. The molecule has 2 fully saturated rings. The third kappa shape index (κ3) is 5.10. The smallest absolute Gasteiger partial charge is 0.407 e. The molecule has 6 nitrogen and oxygen atoms in total. The fourth-order valence-corrected chi connectivity index (χ4v) is 6.63. The predicted molar refractivity (Wildman–Crippen MR) is 121 cm³/mol. The van der Waals surface area contributed by atoms with Gasteiger partial charge in [-0.05, 0) is 62.8 Å². The van der Waals surface area contributed by atoms with Gasteiger partial charge >= 0.3 is 6.09 Å². The van der Waals surface area contributed by atoms with E-state index >= 15 is 0 Å². The van der Waals surface area contributed by atoms with Crippen molar-refractivity contribution in [3.63, 3.8) is 0 Å². The molecule has 0 bridgehead atoms. The molecular formula is C22H29N3O3S2. The highest BCUT2D eigenvalue weighted by Crippen LogP contribution is 2.42. The fraction of sp³-hybridized carbons (Fsp3) is 0.545. The molecule has 3 N–H and O–H groups in total. The second-order valence-corrected chi connectivity index (χ2v) is 11.2. The van der Waals surface area contributed by atoms with E-state index in [1.807, 2.05) is 38.2 Å². The normalized spacial score (nSPS) is 22.7. The molecular weight excluding hydrogens is 418 g/mol. The number of nitrogen functional groups attached to an aromatic ring is 1. The van der Waals surface area contributed by atoms with Crippen molar-refractivity contribution in [1.82, 2.24) is 10.3 Å². The van der Waals surface area contributed by atoms with E-state index in [2.05, 4.69) is 5.32 Å². The molecule has 8 heteroatoms. The number of alkyl carbamates (subject to hydrolysis) is 1. The van der Waals surface area contributed by atoms with Crippen molar-refractivity contribution < 1.29 is 14.1 Å². The molecule has 1 aromatic carbocycles. The van der Waals surface area contributed by atoms with Gasteiger partial charge < -0.3 is 20.3 Å². The molecule has 1 amide bonds. The first kappa shape index (κ1) is 21.5. The molecule has 2 aliphatic carbocycles. The van der Waals surface area contributed by atoms with Gasteiger partial charge in [-0.3, -0.25) is 0 Å². The van der Waals surface area contributed by atoms with Crippen molar-refractivity contribution in [2.45, 2.75) is 80.6 Å². The maximum atomic E-state index is 12.8. The summed E-state index contributed by atoms with van der Waals surface area (Å²) in [5.41, 5.74) is 7.61. The Morgan fingerprint density at radius 3 is 2.67 bits per heavy atom. The quantitative estimate of drug-likeness (QED) is 0.488. The Bertz CT molecular complexity index is 890. The number of hydrogen-bond donors (Lipinski definition) is 2. The second-order valence-electron chi connectivity index (χ2n) is 8.46. The molecule has 1 unspecified atom stereocenters.